The highest BCUT2D eigenvalue weighted by Gasteiger charge is 2.44. The number of hydrogen-bond donors (Lipinski definition) is 1. The summed E-state index contributed by atoms with van der Waals surface area (Å²) in [7, 11) is 2.33. The topological polar surface area (TPSA) is 24.5 Å². The van der Waals surface area contributed by atoms with Crippen LogP contribution in [0.15, 0.2) is 0 Å². The molecule has 106 valence electrons. The molecule has 0 aromatic heterocycles. The Morgan fingerprint density at radius 3 is 2.50 bits per heavy atom. The van der Waals surface area contributed by atoms with E-state index in [1.54, 1.807) is 0 Å². The molecule has 2 fully saturated rings. The fourth-order valence-corrected chi connectivity index (χ4v) is 3.80. The van der Waals surface area contributed by atoms with Gasteiger partial charge in [0.15, 0.2) is 0 Å². The SMILES string of the molecule is CCNC1C(N(C)C2CCOCC2)CCC1(C)C. The normalized spacial score (nSPS) is 33.2. The summed E-state index contributed by atoms with van der Waals surface area (Å²) >= 11 is 0. The second-order valence-electron chi connectivity index (χ2n) is 6.64. The Labute approximate surface area is 112 Å². The molecule has 2 rings (SSSR count). The molecule has 2 aliphatic rings. The summed E-state index contributed by atoms with van der Waals surface area (Å²) in [4.78, 5) is 2.64. The van der Waals surface area contributed by atoms with Crippen molar-refractivity contribution in [3.8, 4) is 0 Å². The standard InChI is InChI=1S/C15H30N2O/c1-5-16-14-13(6-9-15(14,2)3)17(4)12-7-10-18-11-8-12/h12-14,16H,5-11H2,1-4H3. The summed E-state index contributed by atoms with van der Waals surface area (Å²) in [6.45, 7) is 10.0. The van der Waals surface area contributed by atoms with Crippen LogP contribution in [0.25, 0.3) is 0 Å². The summed E-state index contributed by atoms with van der Waals surface area (Å²) in [5, 5.41) is 3.73. The second kappa shape index (κ2) is 5.89. The van der Waals surface area contributed by atoms with Crippen LogP contribution in [0, 0.1) is 5.41 Å². The van der Waals surface area contributed by atoms with Gasteiger partial charge in [-0.1, -0.05) is 20.8 Å². The zero-order valence-electron chi connectivity index (χ0n) is 12.5. The van der Waals surface area contributed by atoms with Crippen molar-refractivity contribution in [1.29, 1.82) is 0 Å². The van der Waals surface area contributed by atoms with Crippen molar-refractivity contribution in [2.24, 2.45) is 5.41 Å². The van der Waals surface area contributed by atoms with E-state index in [-0.39, 0.29) is 0 Å². The van der Waals surface area contributed by atoms with E-state index in [0.717, 1.165) is 25.8 Å². The van der Waals surface area contributed by atoms with Crippen molar-refractivity contribution in [2.45, 2.75) is 64.6 Å². The molecule has 1 aliphatic carbocycles. The van der Waals surface area contributed by atoms with E-state index in [4.69, 9.17) is 4.74 Å². The van der Waals surface area contributed by atoms with Gasteiger partial charge in [-0.05, 0) is 44.7 Å². The first-order valence-electron chi connectivity index (χ1n) is 7.59. The molecule has 1 saturated carbocycles. The minimum absolute atomic E-state index is 0.431. The Balaban J connectivity index is 2.01. The van der Waals surface area contributed by atoms with Crippen molar-refractivity contribution in [3.05, 3.63) is 0 Å². The molecule has 1 aliphatic heterocycles. The van der Waals surface area contributed by atoms with Crippen LogP contribution < -0.4 is 5.32 Å². The lowest BCUT2D eigenvalue weighted by molar-refractivity contribution is 0.0217. The molecule has 0 bridgehead atoms. The molecule has 2 atom stereocenters. The number of nitrogens with one attached hydrogen (secondary N) is 1. The average molecular weight is 254 g/mol. The molecule has 0 radical (unpaired) electrons. The molecule has 2 unspecified atom stereocenters. The lowest BCUT2D eigenvalue weighted by Crippen LogP contribution is -2.54. The average Bonchev–Trinajstić information content (AvgIpc) is 2.66. The van der Waals surface area contributed by atoms with Gasteiger partial charge in [0.25, 0.3) is 0 Å². The third kappa shape index (κ3) is 2.89. The van der Waals surface area contributed by atoms with Gasteiger partial charge < -0.3 is 10.1 Å². The molecule has 18 heavy (non-hydrogen) atoms. The van der Waals surface area contributed by atoms with Crippen LogP contribution in [0.2, 0.25) is 0 Å². The third-order valence-electron chi connectivity index (χ3n) is 5.03. The summed E-state index contributed by atoms with van der Waals surface area (Å²) < 4.78 is 5.49. The highest BCUT2D eigenvalue weighted by molar-refractivity contribution is 5.01. The maximum absolute atomic E-state index is 5.49. The summed E-state index contributed by atoms with van der Waals surface area (Å²) in [6, 6.07) is 2.05. The van der Waals surface area contributed by atoms with Crippen molar-refractivity contribution >= 4 is 0 Å². The van der Waals surface area contributed by atoms with Crippen LogP contribution >= 0.6 is 0 Å². The Morgan fingerprint density at radius 1 is 1.22 bits per heavy atom. The Hall–Kier alpha value is -0.120. The molecule has 3 heteroatoms. The monoisotopic (exact) mass is 254 g/mol. The van der Waals surface area contributed by atoms with Gasteiger partial charge in [-0.25, -0.2) is 0 Å². The van der Waals surface area contributed by atoms with Gasteiger partial charge in [-0.2, -0.15) is 0 Å². The maximum atomic E-state index is 5.49. The van der Waals surface area contributed by atoms with Gasteiger partial charge in [0.2, 0.25) is 0 Å². The zero-order valence-corrected chi connectivity index (χ0v) is 12.5. The third-order valence-corrected chi connectivity index (χ3v) is 5.03. The molecular weight excluding hydrogens is 224 g/mol. The van der Waals surface area contributed by atoms with E-state index in [9.17, 15) is 0 Å². The predicted molar refractivity (Wildman–Crippen MR) is 75.9 cm³/mol. The van der Waals surface area contributed by atoms with Gasteiger partial charge in [-0.15, -0.1) is 0 Å². The number of nitrogens with zero attached hydrogens (tertiary/aromatic N) is 1. The van der Waals surface area contributed by atoms with Crippen LogP contribution in [-0.2, 0) is 4.74 Å². The first kappa shape index (κ1) is 14.3. The van der Waals surface area contributed by atoms with E-state index in [2.05, 4.69) is 38.0 Å². The first-order valence-corrected chi connectivity index (χ1v) is 7.59. The van der Waals surface area contributed by atoms with Crippen LogP contribution in [0.3, 0.4) is 0 Å². The summed E-state index contributed by atoms with van der Waals surface area (Å²) in [5.41, 5.74) is 0.431. The Bertz CT molecular complexity index is 261. The van der Waals surface area contributed by atoms with Crippen molar-refractivity contribution in [1.82, 2.24) is 10.2 Å². The smallest absolute Gasteiger partial charge is 0.0480 e. The van der Waals surface area contributed by atoms with Gasteiger partial charge >= 0.3 is 0 Å². The van der Waals surface area contributed by atoms with E-state index in [1.807, 2.05) is 0 Å². The van der Waals surface area contributed by atoms with Crippen molar-refractivity contribution in [3.63, 3.8) is 0 Å². The van der Waals surface area contributed by atoms with Crippen LogP contribution in [0.4, 0.5) is 0 Å². The number of ether oxygens (including phenoxy) is 1. The molecule has 0 spiro atoms. The largest absolute Gasteiger partial charge is 0.381 e. The van der Waals surface area contributed by atoms with Gasteiger partial charge in [0, 0.05) is 31.3 Å². The first-order chi connectivity index (χ1) is 8.56. The second-order valence-corrected chi connectivity index (χ2v) is 6.64. The number of likely N-dealkylation sites (N-methyl/N-ethyl adjacent to an activating group) is 2. The highest BCUT2D eigenvalue weighted by Crippen LogP contribution is 2.40. The van der Waals surface area contributed by atoms with Crippen LogP contribution in [0.1, 0.15) is 46.5 Å². The van der Waals surface area contributed by atoms with Gasteiger partial charge in [0.05, 0.1) is 0 Å². The molecule has 0 aromatic carbocycles. The molecule has 0 aromatic rings. The molecule has 1 N–H and O–H groups in total. The highest BCUT2D eigenvalue weighted by atomic mass is 16.5. The quantitative estimate of drug-likeness (QED) is 0.833. The molecule has 1 heterocycles. The summed E-state index contributed by atoms with van der Waals surface area (Å²) in [6.07, 6.45) is 5.07. The minimum Gasteiger partial charge on any atom is -0.381 e. The molecule has 3 nitrogen and oxygen atoms in total. The maximum Gasteiger partial charge on any atom is 0.0480 e. The number of rotatable bonds is 4. The molecular formula is C15H30N2O. The molecule has 0 amide bonds. The fraction of sp³-hybridized carbons (Fsp3) is 1.00. The lowest BCUT2D eigenvalue weighted by atomic mass is 9.86. The van der Waals surface area contributed by atoms with E-state index in [0.29, 0.717) is 17.5 Å². The Morgan fingerprint density at radius 2 is 1.89 bits per heavy atom. The van der Waals surface area contributed by atoms with E-state index < -0.39 is 0 Å². The lowest BCUT2D eigenvalue weighted by Gasteiger charge is -2.41. The van der Waals surface area contributed by atoms with Crippen LogP contribution in [-0.4, -0.2) is 49.8 Å². The van der Waals surface area contributed by atoms with Crippen molar-refractivity contribution in [2.75, 3.05) is 26.8 Å². The minimum atomic E-state index is 0.431. The fourth-order valence-electron chi connectivity index (χ4n) is 3.80. The molecule has 1 saturated heterocycles. The summed E-state index contributed by atoms with van der Waals surface area (Å²) in [5.74, 6) is 0. The Kier molecular flexibility index (Phi) is 4.68. The number of hydrogen-bond acceptors (Lipinski definition) is 3. The van der Waals surface area contributed by atoms with Gasteiger partial charge in [-0.3, -0.25) is 4.90 Å². The predicted octanol–water partition coefficient (Wildman–Crippen LogP) is 2.26. The van der Waals surface area contributed by atoms with E-state index in [1.165, 1.54) is 25.7 Å². The van der Waals surface area contributed by atoms with Crippen molar-refractivity contribution < 1.29 is 4.74 Å². The van der Waals surface area contributed by atoms with E-state index >= 15 is 0 Å². The van der Waals surface area contributed by atoms with Crippen LogP contribution in [0.5, 0.6) is 0 Å². The zero-order chi connectivity index (χ0) is 13.2. The van der Waals surface area contributed by atoms with Gasteiger partial charge in [0.1, 0.15) is 0 Å².